The summed E-state index contributed by atoms with van der Waals surface area (Å²) in [6, 6.07) is 9.76. The molecule has 0 radical (unpaired) electrons. The summed E-state index contributed by atoms with van der Waals surface area (Å²) in [5, 5.41) is 37.9. The number of nitrogens with one attached hydrogen (secondary N) is 3. The summed E-state index contributed by atoms with van der Waals surface area (Å²) in [6.07, 6.45) is 8.10. The van der Waals surface area contributed by atoms with E-state index in [0.717, 1.165) is 80.6 Å². The van der Waals surface area contributed by atoms with Crippen molar-refractivity contribution in [3.63, 3.8) is 0 Å². The third-order valence-corrected chi connectivity index (χ3v) is 12.2. The Morgan fingerprint density at radius 1 is 0.857 bits per heavy atom. The molecule has 8 rings (SSSR count). The number of aliphatic hydroxyl groups excluding tert-OH is 1. The first-order valence-electron chi connectivity index (χ1n) is 16.6. The Hall–Kier alpha value is -4.02. The number of aryl methyl sites for hydroxylation is 1. The number of nitrogens with zero attached hydrogens (tertiary/aromatic N) is 7. The van der Waals surface area contributed by atoms with E-state index < -0.39 is 11.7 Å². The van der Waals surface area contributed by atoms with Crippen molar-refractivity contribution in [2.75, 3.05) is 20.9 Å². The first kappa shape index (κ1) is 32.2. The van der Waals surface area contributed by atoms with Gasteiger partial charge in [0.25, 0.3) is 0 Å². The molecular formula is C34H38N10O2S3. The molecule has 2 saturated carbocycles. The number of rotatable bonds is 9. The van der Waals surface area contributed by atoms with E-state index in [1.807, 2.05) is 54.9 Å². The van der Waals surface area contributed by atoms with E-state index in [4.69, 9.17) is 19.9 Å². The molecule has 2 aliphatic carbocycles. The van der Waals surface area contributed by atoms with Crippen molar-refractivity contribution in [1.82, 2.24) is 29.3 Å². The molecule has 0 aromatic carbocycles. The van der Waals surface area contributed by atoms with E-state index >= 15 is 0 Å². The normalized spacial score (nSPS) is 24.2. The Bertz CT molecular complexity index is 2060. The zero-order valence-electron chi connectivity index (χ0n) is 27.2. The van der Waals surface area contributed by atoms with Crippen molar-refractivity contribution >= 4 is 88.9 Å². The van der Waals surface area contributed by atoms with Gasteiger partial charge in [0, 0.05) is 30.2 Å². The topological polar surface area (TPSA) is 157 Å². The van der Waals surface area contributed by atoms with E-state index in [2.05, 4.69) is 30.2 Å². The van der Waals surface area contributed by atoms with Crippen LogP contribution in [0.5, 0.6) is 0 Å². The molecule has 3 atom stereocenters. The first-order valence-corrected chi connectivity index (χ1v) is 19.1. The molecule has 0 amide bonds. The van der Waals surface area contributed by atoms with Gasteiger partial charge in [-0.3, -0.25) is 9.88 Å². The van der Waals surface area contributed by atoms with Crippen molar-refractivity contribution in [3.05, 3.63) is 59.2 Å². The van der Waals surface area contributed by atoms with Crippen LogP contribution in [0.15, 0.2) is 53.5 Å². The minimum absolute atomic E-state index is 0.0244. The monoisotopic (exact) mass is 714 g/mol. The summed E-state index contributed by atoms with van der Waals surface area (Å²) in [4.78, 5) is 26.1. The average molecular weight is 715 g/mol. The van der Waals surface area contributed by atoms with E-state index in [-0.39, 0.29) is 18.1 Å². The van der Waals surface area contributed by atoms with Crippen LogP contribution in [0.3, 0.4) is 0 Å². The van der Waals surface area contributed by atoms with Crippen LogP contribution in [-0.2, 0) is 0 Å². The van der Waals surface area contributed by atoms with Crippen LogP contribution in [0, 0.1) is 6.92 Å². The predicted molar refractivity (Wildman–Crippen MR) is 199 cm³/mol. The highest BCUT2D eigenvalue weighted by molar-refractivity contribution is 7.18. The van der Waals surface area contributed by atoms with Crippen molar-refractivity contribution in [2.24, 2.45) is 0 Å². The molecule has 15 heteroatoms. The quantitative estimate of drug-likeness (QED) is 0.102. The maximum Gasteiger partial charge on any atom is 0.233 e. The second-order valence-electron chi connectivity index (χ2n) is 13.3. The molecule has 1 unspecified atom stereocenters. The average Bonchev–Trinajstić information content (AvgIpc) is 3.86. The lowest BCUT2D eigenvalue weighted by Gasteiger charge is -2.40. The van der Waals surface area contributed by atoms with Crippen LogP contribution in [0.1, 0.15) is 57.6 Å². The Labute approximate surface area is 295 Å². The summed E-state index contributed by atoms with van der Waals surface area (Å²) in [5.41, 5.74) is 2.88. The number of aromatic nitrogens is 6. The lowest BCUT2D eigenvalue weighted by Crippen LogP contribution is -2.48. The number of aliphatic hydroxyl groups is 2. The zero-order chi connectivity index (χ0) is 33.5. The summed E-state index contributed by atoms with van der Waals surface area (Å²) >= 11 is 4.62. The molecule has 0 spiro atoms. The molecule has 2 aliphatic rings. The van der Waals surface area contributed by atoms with Crippen molar-refractivity contribution in [2.45, 2.75) is 88.6 Å². The van der Waals surface area contributed by atoms with Gasteiger partial charge >= 0.3 is 0 Å². The molecule has 0 aliphatic heterocycles. The van der Waals surface area contributed by atoms with Crippen LogP contribution in [0.4, 0.5) is 34.2 Å². The van der Waals surface area contributed by atoms with Gasteiger partial charge in [-0.15, -0.1) is 22.7 Å². The highest BCUT2D eigenvalue weighted by atomic mass is 32.1. The number of pyridine rings is 1. The van der Waals surface area contributed by atoms with Gasteiger partial charge < -0.3 is 26.2 Å². The van der Waals surface area contributed by atoms with Crippen LogP contribution in [0.25, 0.3) is 20.4 Å². The van der Waals surface area contributed by atoms with Crippen molar-refractivity contribution in [1.29, 1.82) is 0 Å². The second kappa shape index (κ2) is 13.4. The van der Waals surface area contributed by atoms with E-state index in [0.29, 0.717) is 24.7 Å². The molecule has 0 saturated heterocycles. The van der Waals surface area contributed by atoms with Gasteiger partial charge in [-0.2, -0.15) is 14.3 Å². The number of thiophene rings is 2. The highest BCUT2D eigenvalue weighted by Gasteiger charge is 2.38. The fourth-order valence-electron chi connectivity index (χ4n) is 6.82. The Kier molecular flexibility index (Phi) is 8.78. The summed E-state index contributed by atoms with van der Waals surface area (Å²) in [6.45, 7) is 3.90. The summed E-state index contributed by atoms with van der Waals surface area (Å²) in [5.74, 6) is 2.61. The minimum Gasteiger partial charge on any atom is -0.391 e. The molecule has 6 aromatic rings. The van der Waals surface area contributed by atoms with Gasteiger partial charge in [-0.1, -0.05) is 0 Å². The molecule has 0 bridgehead atoms. The third kappa shape index (κ3) is 6.90. The number of hydrogen-bond donors (Lipinski definition) is 5. The molecule has 12 nitrogen and oxygen atoms in total. The molecule has 49 heavy (non-hydrogen) atoms. The summed E-state index contributed by atoms with van der Waals surface area (Å²) < 4.78 is 6.60. The van der Waals surface area contributed by atoms with Gasteiger partial charge in [0.05, 0.1) is 43.9 Å². The standard InChI is InChI=1S/C34H38N10O2S3/c1-19-17-27(49-43-19)44(33-40-24-10-16-48-29(24)31(42-33)36-20-5-11-34(2,46)12-6-20)25-18-22(3-4-26(25)45)37-30-28-23(9-15-47-28)39-32(41-30)38-21-7-13-35-14-8-21/h7-10,13-17,20,22,25-26,45-46H,3-6,11-12,18H2,1-2H3,(H,36,40,42)(H2,35,37,38,39,41)/t20-,22-,25?,26-,34-/m1/s1. The van der Waals surface area contributed by atoms with Gasteiger partial charge in [0.1, 0.15) is 16.6 Å². The predicted octanol–water partition coefficient (Wildman–Crippen LogP) is 7.24. The zero-order valence-corrected chi connectivity index (χ0v) is 29.7. The van der Waals surface area contributed by atoms with Crippen LogP contribution < -0.4 is 20.9 Å². The fourth-order valence-corrected chi connectivity index (χ4v) is 9.21. The number of anilines is 6. The Morgan fingerprint density at radius 2 is 1.55 bits per heavy atom. The maximum absolute atomic E-state index is 11.6. The summed E-state index contributed by atoms with van der Waals surface area (Å²) in [7, 11) is 0. The van der Waals surface area contributed by atoms with E-state index in [9.17, 15) is 10.2 Å². The fraction of sp³-hybridized carbons (Fsp3) is 0.412. The first-order chi connectivity index (χ1) is 23.8. The highest BCUT2D eigenvalue weighted by Crippen LogP contribution is 2.40. The van der Waals surface area contributed by atoms with Crippen LogP contribution in [0.2, 0.25) is 0 Å². The lowest BCUT2D eigenvalue weighted by molar-refractivity contribution is 0.0196. The largest absolute Gasteiger partial charge is 0.391 e. The maximum atomic E-state index is 11.6. The molecule has 5 N–H and O–H groups in total. The van der Waals surface area contributed by atoms with Gasteiger partial charge in [0.2, 0.25) is 11.9 Å². The van der Waals surface area contributed by atoms with Crippen molar-refractivity contribution < 1.29 is 10.2 Å². The second-order valence-corrected chi connectivity index (χ2v) is 15.9. The Balaban J connectivity index is 1.11. The minimum atomic E-state index is -0.617. The molecular weight excluding hydrogens is 677 g/mol. The number of hydrogen-bond acceptors (Lipinski definition) is 15. The van der Waals surface area contributed by atoms with Gasteiger partial charge in [-0.05, 0) is 111 Å². The van der Waals surface area contributed by atoms with E-state index in [1.54, 1.807) is 35.1 Å². The molecule has 254 valence electrons. The van der Waals surface area contributed by atoms with Gasteiger partial charge in [0.15, 0.2) is 0 Å². The molecule has 6 aromatic heterocycles. The SMILES string of the molecule is Cc1cc(N(c2nc(N[C@H]3CC[C@](C)(O)CC3)c3sccc3n2)C2C[C@H](Nc3nc(Nc4ccncc4)nc4ccsc34)CC[C@H]2O)sn1. The van der Waals surface area contributed by atoms with Crippen molar-refractivity contribution in [3.8, 4) is 0 Å². The number of fused-ring (bicyclic) bond motifs is 2. The van der Waals surface area contributed by atoms with Gasteiger partial charge in [-0.25, -0.2) is 9.97 Å². The Morgan fingerprint density at radius 3 is 2.27 bits per heavy atom. The molecule has 2 fully saturated rings. The third-order valence-electron chi connectivity index (χ3n) is 9.46. The van der Waals surface area contributed by atoms with Crippen LogP contribution in [-0.4, -0.2) is 69.3 Å². The van der Waals surface area contributed by atoms with E-state index in [1.165, 1.54) is 11.5 Å². The smallest absolute Gasteiger partial charge is 0.233 e. The lowest BCUT2D eigenvalue weighted by atomic mass is 9.84. The van der Waals surface area contributed by atoms with Crippen LogP contribution >= 0.6 is 34.2 Å². The molecule has 6 heterocycles.